The van der Waals surface area contributed by atoms with Crippen LogP contribution in [0.4, 0.5) is 5.69 Å². The van der Waals surface area contributed by atoms with Gasteiger partial charge in [0.25, 0.3) is 0 Å². The van der Waals surface area contributed by atoms with E-state index in [2.05, 4.69) is 11.8 Å². The lowest BCUT2D eigenvalue weighted by Gasteiger charge is -2.32. The van der Waals surface area contributed by atoms with Gasteiger partial charge in [-0.3, -0.25) is 0 Å². The topological polar surface area (TPSA) is 47.7 Å². The zero-order chi connectivity index (χ0) is 14.9. The van der Waals surface area contributed by atoms with E-state index in [-0.39, 0.29) is 0 Å². The molecule has 118 valence electrons. The Hall–Kier alpha value is -1.26. The first-order valence-corrected chi connectivity index (χ1v) is 8.10. The van der Waals surface area contributed by atoms with E-state index in [1.807, 2.05) is 24.3 Å². The summed E-state index contributed by atoms with van der Waals surface area (Å²) in [6, 6.07) is 7.61. The number of nitrogens with two attached hydrogens (primary N) is 1. The van der Waals surface area contributed by atoms with Crippen molar-refractivity contribution >= 4 is 5.69 Å². The molecule has 0 bridgehead atoms. The van der Waals surface area contributed by atoms with Crippen LogP contribution in [0.1, 0.15) is 32.6 Å². The minimum absolute atomic E-state index is 0.425. The van der Waals surface area contributed by atoms with Crippen molar-refractivity contribution < 1.29 is 9.47 Å². The van der Waals surface area contributed by atoms with Crippen LogP contribution in [0.15, 0.2) is 24.3 Å². The average molecular weight is 292 g/mol. The monoisotopic (exact) mass is 292 g/mol. The summed E-state index contributed by atoms with van der Waals surface area (Å²) in [5.41, 5.74) is 6.48. The lowest BCUT2D eigenvalue weighted by atomic mass is 10.1. The number of likely N-dealkylation sites (tertiary alicyclic amines) is 1. The zero-order valence-corrected chi connectivity index (χ0v) is 13.1. The quantitative estimate of drug-likeness (QED) is 0.591. The highest BCUT2D eigenvalue weighted by molar-refractivity contribution is 5.43. The summed E-state index contributed by atoms with van der Waals surface area (Å²) in [5, 5.41) is 0. The molecule has 1 aromatic carbocycles. The minimum Gasteiger partial charge on any atom is -0.493 e. The highest BCUT2D eigenvalue weighted by Crippen LogP contribution is 2.16. The van der Waals surface area contributed by atoms with Crippen LogP contribution >= 0.6 is 0 Å². The first-order chi connectivity index (χ1) is 10.3. The molecule has 4 heteroatoms. The van der Waals surface area contributed by atoms with Gasteiger partial charge in [0.2, 0.25) is 0 Å². The molecule has 2 N–H and O–H groups in total. The maximum atomic E-state index is 5.86. The molecule has 1 fully saturated rings. The first-order valence-electron chi connectivity index (χ1n) is 8.10. The summed E-state index contributed by atoms with van der Waals surface area (Å²) in [4.78, 5) is 2.49. The molecule has 2 rings (SSSR count). The molecular formula is C17H28N2O2. The summed E-state index contributed by atoms with van der Waals surface area (Å²) in [6.07, 6.45) is 5.01. The van der Waals surface area contributed by atoms with Crippen LogP contribution in [0.25, 0.3) is 0 Å². The smallest absolute Gasteiger partial charge is 0.121 e. The van der Waals surface area contributed by atoms with Gasteiger partial charge in [0.05, 0.1) is 12.7 Å². The third-order valence-electron chi connectivity index (χ3n) is 3.77. The lowest BCUT2D eigenvalue weighted by molar-refractivity contribution is -0.000966. The number of ether oxygens (including phenoxy) is 2. The number of nitrogen functional groups attached to an aromatic ring is 1. The molecular weight excluding hydrogens is 264 g/mol. The van der Waals surface area contributed by atoms with Gasteiger partial charge in [-0.1, -0.05) is 13.0 Å². The lowest BCUT2D eigenvalue weighted by Crippen LogP contribution is -2.40. The molecule has 0 radical (unpaired) electrons. The summed E-state index contributed by atoms with van der Waals surface area (Å²) < 4.78 is 11.6. The molecule has 1 aromatic rings. The van der Waals surface area contributed by atoms with Crippen molar-refractivity contribution in [1.29, 1.82) is 0 Å². The van der Waals surface area contributed by atoms with Crippen LogP contribution in [0.2, 0.25) is 0 Å². The molecule has 1 aliphatic rings. The standard InChI is InChI=1S/C17H28N2O2/c1-2-11-20-17-8-4-9-19(14-17)10-5-12-21-16-7-3-6-15(18)13-16/h3,6-7,13,17H,2,4-5,8-12,14,18H2,1H3. The van der Waals surface area contributed by atoms with Crippen molar-refractivity contribution in [2.75, 3.05) is 38.6 Å². The van der Waals surface area contributed by atoms with Gasteiger partial charge >= 0.3 is 0 Å². The average Bonchev–Trinajstić information content (AvgIpc) is 2.50. The van der Waals surface area contributed by atoms with Crippen molar-refractivity contribution in [3.63, 3.8) is 0 Å². The maximum absolute atomic E-state index is 5.86. The van der Waals surface area contributed by atoms with Gasteiger partial charge in [0.1, 0.15) is 5.75 Å². The van der Waals surface area contributed by atoms with Crippen molar-refractivity contribution in [3.8, 4) is 5.75 Å². The number of nitrogens with zero attached hydrogens (tertiary/aromatic N) is 1. The van der Waals surface area contributed by atoms with Gasteiger partial charge in [0, 0.05) is 31.5 Å². The Labute approximate surface area is 128 Å². The van der Waals surface area contributed by atoms with Crippen molar-refractivity contribution in [2.24, 2.45) is 0 Å². The third kappa shape index (κ3) is 5.94. The molecule has 1 heterocycles. The number of piperidine rings is 1. The Morgan fingerprint density at radius 3 is 3.05 bits per heavy atom. The van der Waals surface area contributed by atoms with E-state index in [0.717, 1.165) is 50.6 Å². The van der Waals surface area contributed by atoms with Crippen LogP contribution < -0.4 is 10.5 Å². The SMILES string of the molecule is CCCOC1CCCN(CCCOc2cccc(N)c2)C1. The second-order valence-corrected chi connectivity index (χ2v) is 5.71. The van der Waals surface area contributed by atoms with Gasteiger partial charge in [-0.05, 0) is 44.4 Å². The van der Waals surface area contributed by atoms with Crippen LogP contribution in [-0.4, -0.2) is 43.9 Å². The molecule has 4 nitrogen and oxygen atoms in total. The molecule has 0 aromatic heterocycles. The Kier molecular flexibility index (Phi) is 6.83. The molecule has 1 aliphatic heterocycles. The second-order valence-electron chi connectivity index (χ2n) is 5.71. The van der Waals surface area contributed by atoms with E-state index in [1.165, 1.54) is 19.4 Å². The number of rotatable bonds is 8. The van der Waals surface area contributed by atoms with Crippen LogP contribution in [-0.2, 0) is 4.74 Å². The van der Waals surface area contributed by atoms with E-state index in [9.17, 15) is 0 Å². The Morgan fingerprint density at radius 2 is 2.24 bits per heavy atom. The summed E-state index contributed by atoms with van der Waals surface area (Å²) in [6.45, 7) is 7.11. The molecule has 0 aliphatic carbocycles. The number of benzene rings is 1. The van der Waals surface area contributed by atoms with E-state index in [0.29, 0.717) is 6.10 Å². The summed E-state index contributed by atoms with van der Waals surface area (Å²) >= 11 is 0. The van der Waals surface area contributed by atoms with E-state index in [1.54, 1.807) is 0 Å². The summed E-state index contributed by atoms with van der Waals surface area (Å²) in [5.74, 6) is 0.859. The number of anilines is 1. The Morgan fingerprint density at radius 1 is 1.33 bits per heavy atom. The van der Waals surface area contributed by atoms with Crippen molar-refractivity contribution in [2.45, 2.75) is 38.7 Å². The second kappa shape index (κ2) is 8.90. The molecule has 1 saturated heterocycles. The molecule has 0 saturated carbocycles. The van der Waals surface area contributed by atoms with Gasteiger partial charge in [-0.2, -0.15) is 0 Å². The summed E-state index contributed by atoms with van der Waals surface area (Å²) in [7, 11) is 0. The minimum atomic E-state index is 0.425. The van der Waals surface area contributed by atoms with Crippen LogP contribution in [0, 0.1) is 0 Å². The Bertz CT molecular complexity index is 412. The van der Waals surface area contributed by atoms with Gasteiger partial charge in [-0.25, -0.2) is 0 Å². The molecule has 0 spiro atoms. The van der Waals surface area contributed by atoms with Crippen molar-refractivity contribution in [3.05, 3.63) is 24.3 Å². The first kappa shape index (κ1) is 16.1. The fraction of sp³-hybridized carbons (Fsp3) is 0.647. The maximum Gasteiger partial charge on any atom is 0.121 e. The highest BCUT2D eigenvalue weighted by Gasteiger charge is 2.19. The Balaban J connectivity index is 1.62. The fourth-order valence-electron chi connectivity index (χ4n) is 2.72. The van der Waals surface area contributed by atoms with Gasteiger partial charge in [0.15, 0.2) is 0 Å². The number of hydrogen-bond donors (Lipinski definition) is 1. The van der Waals surface area contributed by atoms with Crippen LogP contribution in [0.5, 0.6) is 5.75 Å². The highest BCUT2D eigenvalue weighted by atomic mass is 16.5. The van der Waals surface area contributed by atoms with Gasteiger partial charge < -0.3 is 20.1 Å². The molecule has 0 amide bonds. The van der Waals surface area contributed by atoms with Gasteiger partial charge in [-0.15, -0.1) is 0 Å². The molecule has 1 unspecified atom stereocenters. The van der Waals surface area contributed by atoms with E-state index < -0.39 is 0 Å². The number of hydrogen-bond acceptors (Lipinski definition) is 4. The molecule has 21 heavy (non-hydrogen) atoms. The third-order valence-corrected chi connectivity index (χ3v) is 3.77. The predicted octanol–water partition coefficient (Wildman–Crippen LogP) is 2.93. The normalized spacial score (nSPS) is 19.6. The van der Waals surface area contributed by atoms with Crippen LogP contribution in [0.3, 0.4) is 0 Å². The van der Waals surface area contributed by atoms with E-state index >= 15 is 0 Å². The van der Waals surface area contributed by atoms with Crippen molar-refractivity contribution in [1.82, 2.24) is 4.90 Å². The van der Waals surface area contributed by atoms with E-state index in [4.69, 9.17) is 15.2 Å². The zero-order valence-electron chi connectivity index (χ0n) is 13.1. The fourth-order valence-corrected chi connectivity index (χ4v) is 2.72. The largest absolute Gasteiger partial charge is 0.493 e. The predicted molar refractivity (Wildman–Crippen MR) is 86.7 cm³/mol. The molecule has 1 atom stereocenters.